The number of furan rings is 1. The Labute approximate surface area is 64.8 Å². The van der Waals surface area contributed by atoms with Gasteiger partial charge < -0.3 is 9.73 Å². The first-order chi connectivity index (χ1) is 5.40. The molecule has 2 nitrogen and oxygen atoms in total. The molecular formula is C9H9NO. The predicted molar refractivity (Wildman–Crippen MR) is 45.8 cm³/mol. The summed E-state index contributed by atoms with van der Waals surface area (Å²) in [4.78, 5) is 0. The molecule has 56 valence electrons. The number of fused-ring (bicyclic) bond motifs is 1. The molecule has 2 aromatic rings. The van der Waals surface area contributed by atoms with Crippen LogP contribution in [0, 0.1) is 0 Å². The summed E-state index contributed by atoms with van der Waals surface area (Å²) in [5.41, 5.74) is 2.00. The lowest BCUT2D eigenvalue weighted by atomic mass is 10.2. The Balaban J connectivity index is 2.67. The zero-order chi connectivity index (χ0) is 7.68. The van der Waals surface area contributed by atoms with Crippen molar-refractivity contribution in [2.24, 2.45) is 0 Å². The highest BCUT2D eigenvalue weighted by Gasteiger charge is 1.95. The second kappa shape index (κ2) is 2.31. The third-order valence-electron chi connectivity index (χ3n) is 1.74. The summed E-state index contributed by atoms with van der Waals surface area (Å²) in [6.07, 6.45) is 1.70. The Kier molecular flexibility index (Phi) is 1.32. The van der Waals surface area contributed by atoms with Gasteiger partial charge in [-0.25, -0.2) is 0 Å². The van der Waals surface area contributed by atoms with E-state index in [1.807, 2.05) is 31.3 Å². The lowest BCUT2D eigenvalue weighted by molar-refractivity contribution is 0.616. The van der Waals surface area contributed by atoms with E-state index in [-0.39, 0.29) is 0 Å². The summed E-state index contributed by atoms with van der Waals surface area (Å²) < 4.78 is 5.22. The molecule has 0 saturated carbocycles. The topological polar surface area (TPSA) is 25.2 Å². The Morgan fingerprint density at radius 2 is 2.18 bits per heavy atom. The van der Waals surface area contributed by atoms with Crippen molar-refractivity contribution in [1.29, 1.82) is 0 Å². The first kappa shape index (κ1) is 6.28. The van der Waals surface area contributed by atoms with Gasteiger partial charge >= 0.3 is 0 Å². The monoisotopic (exact) mass is 147 g/mol. The van der Waals surface area contributed by atoms with Crippen LogP contribution in [-0.2, 0) is 0 Å². The van der Waals surface area contributed by atoms with E-state index in [1.165, 1.54) is 0 Å². The smallest absolute Gasteiger partial charge is 0.135 e. The van der Waals surface area contributed by atoms with E-state index in [0.717, 1.165) is 16.7 Å². The minimum Gasteiger partial charge on any atom is -0.464 e. The van der Waals surface area contributed by atoms with Gasteiger partial charge in [0.1, 0.15) is 5.58 Å². The van der Waals surface area contributed by atoms with E-state index >= 15 is 0 Å². The maximum Gasteiger partial charge on any atom is 0.135 e. The van der Waals surface area contributed by atoms with Gasteiger partial charge in [0.25, 0.3) is 0 Å². The summed E-state index contributed by atoms with van der Waals surface area (Å²) in [7, 11) is 1.89. The Morgan fingerprint density at radius 3 is 3.00 bits per heavy atom. The molecule has 1 aromatic heterocycles. The molecule has 0 fully saturated rings. The quantitative estimate of drug-likeness (QED) is 0.670. The average molecular weight is 147 g/mol. The van der Waals surface area contributed by atoms with Crippen molar-refractivity contribution in [3.63, 3.8) is 0 Å². The van der Waals surface area contributed by atoms with E-state index in [4.69, 9.17) is 4.42 Å². The van der Waals surface area contributed by atoms with Gasteiger partial charge in [0, 0.05) is 24.2 Å². The summed E-state index contributed by atoms with van der Waals surface area (Å²) in [6.45, 7) is 0. The van der Waals surface area contributed by atoms with Crippen LogP contribution in [0.1, 0.15) is 0 Å². The molecule has 0 amide bonds. The van der Waals surface area contributed by atoms with Gasteiger partial charge in [-0.1, -0.05) is 0 Å². The van der Waals surface area contributed by atoms with Crippen LogP contribution >= 0.6 is 0 Å². The van der Waals surface area contributed by atoms with Gasteiger partial charge in [-0.2, -0.15) is 0 Å². The van der Waals surface area contributed by atoms with Crippen LogP contribution in [-0.4, -0.2) is 7.05 Å². The molecule has 0 radical (unpaired) electrons. The van der Waals surface area contributed by atoms with Crippen LogP contribution in [0.3, 0.4) is 0 Å². The Hall–Kier alpha value is -1.44. The molecule has 1 N–H and O–H groups in total. The highest BCUT2D eigenvalue weighted by atomic mass is 16.3. The van der Waals surface area contributed by atoms with Crippen molar-refractivity contribution in [2.75, 3.05) is 12.4 Å². The highest BCUT2D eigenvalue weighted by Crippen LogP contribution is 2.19. The van der Waals surface area contributed by atoms with Gasteiger partial charge in [-0.05, 0) is 18.2 Å². The molecule has 0 unspecified atom stereocenters. The van der Waals surface area contributed by atoms with Crippen LogP contribution in [0.2, 0.25) is 0 Å². The number of rotatable bonds is 1. The maximum absolute atomic E-state index is 5.22. The zero-order valence-electron chi connectivity index (χ0n) is 6.29. The summed E-state index contributed by atoms with van der Waals surface area (Å²) >= 11 is 0. The number of anilines is 1. The van der Waals surface area contributed by atoms with Gasteiger partial charge in [0.05, 0.1) is 6.26 Å². The van der Waals surface area contributed by atoms with E-state index in [9.17, 15) is 0 Å². The molecule has 0 atom stereocenters. The van der Waals surface area contributed by atoms with Gasteiger partial charge in [0.15, 0.2) is 0 Å². The van der Waals surface area contributed by atoms with Crippen LogP contribution in [0.4, 0.5) is 5.69 Å². The first-order valence-electron chi connectivity index (χ1n) is 3.55. The van der Waals surface area contributed by atoms with Crippen molar-refractivity contribution in [1.82, 2.24) is 0 Å². The highest BCUT2D eigenvalue weighted by molar-refractivity contribution is 5.80. The second-order valence-electron chi connectivity index (χ2n) is 2.42. The SMILES string of the molecule is CNc1ccc2ccoc2c1. The van der Waals surface area contributed by atoms with E-state index in [1.54, 1.807) is 6.26 Å². The normalized spacial score (nSPS) is 10.3. The molecule has 0 bridgehead atoms. The molecule has 1 heterocycles. The maximum atomic E-state index is 5.22. The fourth-order valence-electron chi connectivity index (χ4n) is 1.11. The minimum atomic E-state index is 0.928. The first-order valence-corrected chi connectivity index (χ1v) is 3.55. The Morgan fingerprint density at radius 1 is 1.27 bits per heavy atom. The Bertz CT molecular complexity index is 364. The zero-order valence-corrected chi connectivity index (χ0v) is 6.29. The van der Waals surface area contributed by atoms with Gasteiger partial charge in [0.2, 0.25) is 0 Å². The van der Waals surface area contributed by atoms with Crippen molar-refractivity contribution < 1.29 is 4.42 Å². The standard InChI is InChI=1S/C9H9NO/c1-10-8-3-2-7-4-5-11-9(7)6-8/h2-6,10H,1H3. The van der Waals surface area contributed by atoms with E-state index in [2.05, 4.69) is 5.32 Å². The van der Waals surface area contributed by atoms with Gasteiger partial charge in [-0.3, -0.25) is 0 Å². The van der Waals surface area contributed by atoms with Crippen molar-refractivity contribution in [3.05, 3.63) is 30.5 Å². The van der Waals surface area contributed by atoms with E-state index in [0.29, 0.717) is 0 Å². The van der Waals surface area contributed by atoms with E-state index < -0.39 is 0 Å². The fraction of sp³-hybridized carbons (Fsp3) is 0.111. The number of hydrogen-bond acceptors (Lipinski definition) is 2. The molecule has 2 heteroatoms. The molecule has 11 heavy (non-hydrogen) atoms. The molecule has 0 aliphatic rings. The molecule has 0 spiro atoms. The number of benzene rings is 1. The molecule has 0 saturated heterocycles. The van der Waals surface area contributed by atoms with Crippen LogP contribution in [0.5, 0.6) is 0 Å². The molecule has 2 rings (SSSR count). The van der Waals surface area contributed by atoms with Crippen molar-refractivity contribution in [2.45, 2.75) is 0 Å². The lowest BCUT2D eigenvalue weighted by Gasteiger charge is -1.96. The second-order valence-corrected chi connectivity index (χ2v) is 2.42. The minimum absolute atomic E-state index is 0.928. The molecule has 0 aliphatic heterocycles. The third kappa shape index (κ3) is 0.963. The van der Waals surface area contributed by atoms with Crippen molar-refractivity contribution in [3.8, 4) is 0 Å². The van der Waals surface area contributed by atoms with Gasteiger partial charge in [-0.15, -0.1) is 0 Å². The van der Waals surface area contributed by atoms with Crippen LogP contribution in [0.15, 0.2) is 34.9 Å². The summed E-state index contributed by atoms with van der Waals surface area (Å²) in [6, 6.07) is 7.99. The number of nitrogens with one attached hydrogen (secondary N) is 1. The number of hydrogen-bond donors (Lipinski definition) is 1. The predicted octanol–water partition coefficient (Wildman–Crippen LogP) is 2.47. The summed E-state index contributed by atoms with van der Waals surface area (Å²) in [5, 5.41) is 4.19. The third-order valence-corrected chi connectivity index (χ3v) is 1.74. The lowest BCUT2D eigenvalue weighted by Crippen LogP contribution is -1.85. The molecular weight excluding hydrogens is 138 g/mol. The summed E-state index contributed by atoms with van der Waals surface area (Å²) in [5.74, 6) is 0. The molecule has 0 aliphatic carbocycles. The van der Waals surface area contributed by atoms with Crippen LogP contribution < -0.4 is 5.32 Å². The fourth-order valence-corrected chi connectivity index (χ4v) is 1.11. The largest absolute Gasteiger partial charge is 0.464 e. The molecule has 1 aromatic carbocycles. The van der Waals surface area contributed by atoms with Crippen molar-refractivity contribution >= 4 is 16.7 Å². The van der Waals surface area contributed by atoms with Crippen LogP contribution in [0.25, 0.3) is 11.0 Å². The average Bonchev–Trinajstić information content (AvgIpc) is 2.50.